The predicted molar refractivity (Wildman–Crippen MR) is 114 cm³/mol. The van der Waals surface area contributed by atoms with Crippen LogP contribution in [0.15, 0.2) is 24.3 Å². The average molecular weight is 370 g/mol. The van der Waals surface area contributed by atoms with Crippen molar-refractivity contribution < 1.29 is 9.53 Å². The maximum Gasteiger partial charge on any atom is 0.308 e. The number of carbonyl (C=O) groups excluding carboxylic acids is 1. The molecule has 2 aliphatic rings. The molecule has 142 valence electrons. The number of aryl methyl sites for hydroxylation is 3. The van der Waals surface area contributed by atoms with Crippen molar-refractivity contribution in [1.29, 1.82) is 0 Å². The Hall–Kier alpha value is -2.61. The highest BCUT2D eigenvalue weighted by Crippen LogP contribution is 2.49. The minimum atomic E-state index is -0.259. The first-order chi connectivity index (χ1) is 13.5. The van der Waals surface area contributed by atoms with Gasteiger partial charge in [-0.2, -0.15) is 0 Å². The first-order valence-corrected chi connectivity index (χ1v) is 10.3. The molecule has 2 heteroatoms. The molecule has 0 fully saturated rings. The van der Waals surface area contributed by atoms with Crippen molar-refractivity contribution in [3.8, 4) is 16.9 Å². The van der Waals surface area contributed by atoms with Crippen molar-refractivity contribution >= 4 is 16.7 Å². The van der Waals surface area contributed by atoms with E-state index in [0.717, 1.165) is 11.8 Å². The Bertz CT molecular complexity index is 1170. The largest absolute Gasteiger partial charge is 0.426 e. The molecule has 0 heterocycles. The van der Waals surface area contributed by atoms with Crippen molar-refractivity contribution in [1.82, 2.24) is 0 Å². The van der Waals surface area contributed by atoms with Crippen LogP contribution in [0.25, 0.3) is 21.9 Å². The molecule has 0 bridgehead atoms. The zero-order valence-electron chi connectivity index (χ0n) is 17.2. The van der Waals surface area contributed by atoms with E-state index in [1.807, 2.05) is 0 Å². The molecule has 28 heavy (non-hydrogen) atoms. The summed E-state index contributed by atoms with van der Waals surface area (Å²) in [6, 6.07) is 8.98. The van der Waals surface area contributed by atoms with Crippen LogP contribution in [0.3, 0.4) is 0 Å². The molecular weight excluding hydrogens is 344 g/mol. The van der Waals surface area contributed by atoms with Gasteiger partial charge in [-0.15, -0.1) is 0 Å². The van der Waals surface area contributed by atoms with Gasteiger partial charge in [0.15, 0.2) is 0 Å². The van der Waals surface area contributed by atoms with Gasteiger partial charge in [0.05, 0.1) is 0 Å². The quantitative estimate of drug-likeness (QED) is 0.297. The summed E-state index contributed by atoms with van der Waals surface area (Å²) in [5.41, 5.74) is 12.5. The van der Waals surface area contributed by atoms with Crippen LogP contribution in [0.1, 0.15) is 58.7 Å². The Labute approximate surface area is 166 Å². The maximum absolute atomic E-state index is 11.8. The van der Waals surface area contributed by atoms with Crippen LogP contribution in [-0.2, 0) is 24.1 Å². The highest BCUT2D eigenvalue weighted by Gasteiger charge is 2.29. The lowest BCUT2D eigenvalue weighted by molar-refractivity contribution is -0.131. The zero-order valence-corrected chi connectivity index (χ0v) is 17.2. The van der Waals surface area contributed by atoms with Gasteiger partial charge in [-0.1, -0.05) is 12.1 Å². The number of ether oxygens (including phenoxy) is 1. The second-order valence-corrected chi connectivity index (χ2v) is 8.49. The van der Waals surface area contributed by atoms with Crippen LogP contribution in [0.5, 0.6) is 5.75 Å². The summed E-state index contributed by atoms with van der Waals surface area (Å²) in [6.07, 6.45) is 5.86. The van der Waals surface area contributed by atoms with Crippen LogP contribution < -0.4 is 4.74 Å². The molecular formula is C26H26O2. The number of rotatable bonds is 1. The van der Waals surface area contributed by atoms with Gasteiger partial charge in [0.2, 0.25) is 0 Å². The number of hydrogen-bond acceptors (Lipinski definition) is 2. The molecule has 0 amide bonds. The molecule has 0 aromatic heterocycles. The monoisotopic (exact) mass is 370 g/mol. The number of fused-ring (bicyclic) bond motifs is 7. The smallest absolute Gasteiger partial charge is 0.308 e. The number of hydrogen-bond donors (Lipinski definition) is 0. The van der Waals surface area contributed by atoms with Gasteiger partial charge in [0, 0.05) is 12.3 Å². The lowest BCUT2D eigenvalue weighted by Gasteiger charge is -2.22. The van der Waals surface area contributed by atoms with Crippen LogP contribution >= 0.6 is 0 Å². The molecule has 0 aliphatic heterocycles. The fourth-order valence-corrected chi connectivity index (χ4v) is 5.27. The first-order valence-electron chi connectivity index (χ1n) is 10.3. The van der Waals surface area contributed by atoms with Crippen molar-refractivity contribution in [3.63, 3.8) is 0 Å². The van der Waals surface area contributed by atoms with E-state index in [1.165, 1.54) is 82.5 Å². The topological polar surface area (TPSA) is 26.3 Å². The molecule has 0 saturated carbocycles. The van der Waals surface area contributed by atoms with E-state index in [4.69, 9.17) is 4.74 Å². The summed E-state index contributed by atoms with van der Waals surface area (Å²) in [7, 11) is 0. The minimum absolute atomic E-state index is 0.259. The Morgan fingerprint density at radius 1 is 0.893 bits per heavy atom. The molecule has 2 nitrogen and oxygen atoms in total. The Morgan fingerprint density at radius 3 is 2.43 bits per heavy atom. The number of benzene rings is 3. The fraction of sp³-hybridized carbons (Fsp3) is 0.346. The van der Waals surface area contributed by atoms with Crippen LogP contribution in [0.4, 0.5) is 0 Å². The molecule has 0 saturated heterocycles. The van der Waals surface area contributed by atoms with Crippen molar-refractivity contribution in [3.05, 3.63) is 63.2 Å². The van der Waals surface area contributed by atoms with E-state index in [-0.39, 0.29) is 5.97 Å². The molecule has 2 aliphatic carbocycles. The Balaban J connectivity index is 1.91. The summed E-state index contributed by atoms with van der Waals surface area (Å²) < 4.78 is 5.68. The molecule has 0 unspecified atom stereocenters. The maximum atomic E-state index is 11.8. The van der Waals surface area contributed by atoms with E-state index < -0.39 is 0 Å². The predicted octanol–water partition coefficient (Wildman–Crippen LogP) is 6.14. The van der Waals surface area contributed by atoms with Crippen LogP contribution in [0.2, 0.25) is 0 Å². The zero-order chi connectivity index (χ0) is 19.6. The summed E-state index contributed by atoms with van der Waals surface area (Å²) in [6.45, 7) is 8.04. The van der Waals surface area contributed by atoms with E-state index in [0.29, 0.717) is 5.75 Å². The third-order valence-electron chi connectivity index (χ3n) is 6.80. The van der Waals surface area contributed by atoms with Gasteiger partial charge in [-0.05, 0) is 120 Å². The van der Waals surface area contributed by atoms with Gasteiger partial charge in [-0.25, -0.2) is 0 Å². The lowest BCUT2D eigenvalue weighted by Crippen LogP contribution is -2.06. The van der Waals surface area contributed by atoms with Gasteiger partial charge >= 0.3 is 5.97 Å². The van der Waals surface area contributed by atoms with Gasteiger partial charge in [0.25, 0.3) is 0 Å². The number of esters is 1. The van der Waals surface area contributed by atoms with E-state index in [2.05, 4.69) is 45.0 Å². The molecule has 0 N–H and O–H groups in total. The van der Waals surface area contributed by atoms with E-state index in [1.54, 1.807) is 5.56 Å². The molecule has 0 atom stereocenters. The van der Waals surface area contributed by atoms with Crippen molar-refractivity contribution in [2.75, 3.05) is 0 Å². The molecule has 3 aromatic rings. The second-order valence-electron chi connectivity index (χ2n) is 8.49. The van der Waals surface area contributed by atoms with Gasteiger partial charge in [0.1, 0.15) is 5.75 Å². The third kappa shape index (κ3) is 2.44. The Kier molecular flexibility index (Phi) is 3.87. The van der Waals surface area contributed by atoms with E-state index >= 15 is 0 Å². The summed E-state index contributed by atoms with van der Waals surface area (Å²) >= 11 is 0. The summed E-state index contributed by atoms with van der Waals surface area (Å²) in [4.78, 5) is 11.8. The van der Waals surface area contributed by atoms with Crippen molar-refractivity contribution in [2.45, 2.75) is 59.8 Å². The summed E-state index contributed by atoms with van der Waals surface area (Å²) in [5.74, 6) is 0.444. The number of carbonyl (C=O) groups is 1. The van der Waals surface area contributed by atoms with Crippen LogP contribution in [-0.4, -0.2) is 5.97 Å². The highest BCUT2D eigenvalue weighted by molar-refractivity contribution is 6.07. The SMILES string of the molecule is CC(=O)Oc1cc2c(c3c(C)c(C)c(C)cc13)-c1c(ccc3c1CCCC3)C2. The normalized spacial score (nSPS) is 14.6. The van der Waals surface area contributed by atoms with Crippen molar-refractivity contribution in [2.24, 2.45) is 0 Å². The summed E-state index contributed by atoms with van der Waals surface area (Å²) in [5, 5.41) is 2.34. The first kappa shape index (κ1) is 17.5. The molecule has 0 spiro atoms. The van der Waals surface area contributed by atoms with Gasteiger partial charge < -0.3 is 4.74 Å². The molecule has 5 rings (SSSR count). The standard InChI is InChI=1S/C26H26O2/c1-14-11-22-23(28-17(4)27)13-20-12-19-10-9-18-7-5-6-8-21(18)25(19)26(20)24(22)16(3)15(14)2/h9-11,13H,5-8,12H2,1-4H3. The molecule has 3 aromatic carbocycles. The third-order valence-corrected chi connectivity index (χ3v) is 6.80. The average Bonchev–Trinajstić information content (AvgIpc) is 3.04. The van der Waals surface area contributed by atoms with E-state index in [9.17, 15) is 4.79 Å². The lowest BCUT2D eigenvalue weighted by atomic mass is 9.83. The Morgan fingerprint density at radius 2 is 1.64 bits per heavy atom. The second kappa shape index (κ2) is 6.20. The van der Waals surface area contributed by atoms with Gasteiger partial charge in [-0.3, -0.25) is 4.79 Å². The fourth-order valence-electron chi connectivity index (χ4n) is 5.27. The minimum Gasteiger partial charge on any atom is -0.426 e. The van der Waals surface area contributed by atoms with Crippen LogP contribution in [0, 0.1) is 20.8 Å². The molecule has 0 radical (unpaired) electrons. The highest BCUT2D eigenvalue weighted by atomic mass is 16.5.